The van der Waals surface area contributed by atoms with E-state index in [1.165, 1.54) is 12.8 Å². The molecule has 0 aromatic heterocycles. The highest BCUT2D eigenvalue weighted by atomic mass is 16.5. The first-order valence-corrected chi connectivity index (χ1v) is 17.0. The molecule has 0 spiro atoms. The molecule has 0 heterocycles. The van der Waals surface area contributed by atoms with Crippen molar-refractivity contribution in [1.82, 2.24) is 0 Å². The van der Waals surface area contributed by atoms with Crippen molar-refractivity contribution < 1.29 is 29.0 Å². The number of hydrogen-bond donors (Lipinski definition) is 1. The molecule has 6 heteroatoms. The zero-order valence-electron chi connectivity index (χ0n) is 25.6. The van der Waals surface area contributed by atoms with E-state index in [1.807, 2.05) is 0 Å². The first-order valence-electron chi connectivity index (χ1n) is 17.0. The molecule has 43 heavy (non-hydrogen) atoms. The molecule has 6 aliphatic carbocycles. The number of aliphatic hydroxyl groups excluding tert-OH is 1. The molecule has 6 aliphatic rings. The Morgan fingerprint density at radius 3 is 1.81 bits per heavy atom. The number of aldehydes is 1. The lowest BCUT2D eigenvalue weighted by Crippen LogP contribution is -2.33. The molecule has 5 saturated carbocycles. The van der Waals surface area contributed by atoms with E-state index in [4.69, 9.17) is 4.74 Å². The zero-order valence-corrected chi connectivity index (χ0v) is 25.6. The van der Waals surface area contributed by atoms with Crippen molar-refractivity contribution in [3.05, 3.63) is 47.3 Å². The summed E-state index contributed by atoms with van der Waals surface area (Å²) in [5.41, 5.74) is 0.726. The molecule has 6 unspecified atom stereocenters. The molecule has 232 valence electrons. The maximum Gasteiger partial charge on any atom is 0.170 e. The fourth-order valence-electron chi connectivity index (χ4n) is 9.78. The van der Waals surface area contributed by atoms with Crippen LogP contribution in [0.5, 0.6) is 0 Å². The van der Waals surface area contributed by atoms with Crippen LogP contribution in [0.3, 0.4) is 0 Å². The van der Waals surface area contributed by atoms with E-state index in [1.54, 1.807) is 37.5 Å². The lowest BCUT2D eigenvalue weighted by atomic mass is 9.66. The number of carbonyl (C=O) groups excluding carboxylic acids is 4. The molecule has 0 saturated heterocycles. The van der Waals surface area contributed by atoms with E-state index >= 15 is 0 Å². The van der Waals surface area contributed by atoms with E-state index < -0.39 is 0 Å². The predicted molar refractivity (Wildman–Crippen MR) is 164 cm³/mol. The van der Waals surface area contributed by atoms with Gasteiger partial charge in [0.05, 0.1) is 17.3 Å². The van der Waals surface area contributed by atoms with Crippen molar-refractivity contribution in [2.75, 3.05) is 7.11 Å². The summed E-state index contributed by atoms with van der Waals surface area (Å²) in [6.07, 6.45) is 23.9. The van der Waals surface area contributed by atoms with Crippen LogP contribution in [-0.2, 0) is 23.9 Å². The van der Waals surface area contributed by atoms with E-state index in [-0.39, 0.29) is 52.7 Å². The molecule has 0 bridgehead atoms. The summed E-state index contributed by atoms with van der Waals surface area (Å²) in [5, 5.41) is 11.1. The third kappa shape index (κ3) is 6.06. The van der Waals surface area contributed by atoms with Gasteiger partial charge in [-0.1, -0.05) is 18.2 Å². The Hall–Kier alpha value is -2.60. The van der Waals surface area contributed by atoms with Gasteiger partial charge in [-0.05, 0) is 126 Å². The highest BCUT2D eigenvalue weighted by Gasteiger charge is 2.49. The van der Waals surface area contributed by atoms with Gasteiger partial charge >= 0.3 is 0 Å². The van der Waals surface area contributed by atoms with Crippen molar-refractivity contribution in [1.29, 1.82) is 0 Å². The maximum absolute atomic E-state index is 13.3. The first-order chi connectivity index (χ1) is 20.9. The van der Waals surface area contributed by atoms with Gasteiger partial charge < -0.3 is 14.6 Å². The quantitative estimate of drug-likeness (QED) is 0.151. The summed E-state index contributed by atoms with van der Waals surface area (Å²) in [4.78, 5) is 50.7. The van der Waals surface area contributed by atoms with Crippen LogP contribution < -0.4 is 0 Å². The molecule has 1 N–H and O–H groups in total. The number of ether oxygens (including phenoxy) is 1. The summed E-state index contributed by atoms with van der Waals surface area (Å²) in [7, 11) is 1.80. The van der Waals surface area contributed by atoms with E-state index in [0.29, 0.717) is 40.9 Å². The summed E-state index contributed by atoms with van der Waals surface area (Å²) in [5.74, 6) is 2.12. The Labute approximate surface area is 256 Å². The highest BCUT2D eigenvalue weighted by Crippen LogP contribution is 2.50. The van der Waals surface area contributed by atoms with Crippen LogP contribution in [0.4, 0.5) is 0 Å². The standard InChI is InChI=1S/C37H48O6/c1-43-27-15-11-24(12-16-27)26-14-18-29-33(20-26)37(42)31(35(29)40)6-4-2-3-5-30-34(39)28-17-13-25(19-32(28)36(30)41)23-9-7-22(21-38)8-10-23/h2-6,21-29,32-33,42H,7-20H2,1H3. The predicted octanol–water partition coefficient (Wildman–Crippen LogP) is 6.85. The number of ketones is 3. The summed E-state index contributed by atoms with van der Waals surface area (Å²) < 4.78 is 5.54. The third-order valence-corrected chi connectivity index (χ3v) is 12.4. The van der Waals surface area contributed by atoms with Crippen molar-refractivity contribution in [2.24, 2.45) is 53.3 Å². The van der Waals surface area contributed by atoms with Gasteiger partial charge in [0.25, 0.3) is 0 Å². The van der Waals surface area contributed by atoms with Crippen molar-refractivity contribution >= 4 is 23.6 Å². The minimum Gasteiger partial charge on any atom is -0.511 e. The Bertz CT molecular complexity index is 1220. The maximum atomic E-state index is 13.3. The Kier molecular flexibility index (Phi) is 9.32. The second kappa shape index (κ2) is 13.2. The number of carbonyl (C=O) groups is 4. The van der Waals surface area contributed by atoms with Crippen LogP contribution in [-0.4, -0.2) is 42.0 Å². The van der Waals surface area contributed by atoms with Gasteiger partial charge in [0.1, 0.15) is 12.0 Å². The van der Waals surface area contributed by atoms with Gasteiger partial charge in [-0.2, -0.15) is 0 Å². The first kappa shape index (κ1) is 30.4. The lowest BCUT2D eigenvalue weighted by molar-refractivity contribution is -0.122. The average molecular weight is 589 g/mol. The number of methoxy groups -OCH3 is 1. The molecule has 0 radical (unpaired) electrons. The second-order valence-corrected chi connectivity index (χ2v) is 14.4. The van der Waals surface area contributed by atoms with Crippen molar-refractivity contribution in [3.63, 3.8) is 0 Å². The molecular formula is C37H48O6. The fraction of sp³-hybridized carbons (Fsp3) is 0.676. The molecule has 0 amide bonds. The van der Waals surface area contributed by atoms with Gasteiger partial charge in [-0.25, -0.2) is 0 Å². The molecule has 6 rings (SSSR count). The number of allylic oxidation sites excluding steroid dienone is 8. The monoisotopic (exact) mass is 588 g/mol. The molecule has 5 fully saturated rings. The summed E-state index contributed by atoms with van der Waals surface area (Å²) in [6.45, 7) is 0. The van der Waals surface area contributed by atoms with Crippen molar-refractivity contribution in [2.45, 2.75) is 96.0 Å². The highest BCUT2D eigenvalue weighted by molar-refractivity contribution is 6.27. The number of fused-ring (bicyclic) bond motifs is 2. The SMILES string of the molecule is COC1CCC(C2CCC3C(=O)C(C=CC=CC=C4C(=O)C5CCC(C6CCC(C=O)CC6)CC5C4=O)=C(O)C3C2)CC1. The molecular weight excluding hydrogens is 540 g/mol. The van der Waals surface area contributed by atoms with Gasteiger partial charge in [-0.3, -0.25) is 14.4 Å². The molecule has 0 aliphatic heterocycles. The van der Waals surface area contributed by atoms with Crippen LogP contribution in [0.2, 0.25) is 0 Å². The largest absolute Gasteiger partial charge is 0.511 e. The molecule has 0 aromatic rings. The van der Waals surface area contributed by atoms with Gasteiger partial charge in [0.2, 0.25) is 0 Å². The smallest absolute Gasteiger partial charge is 0.170 e. The normalized spacial score (nSPS) is 41.4. The summed E-state index contributed by atoms with van der Waals surface area (Å²) in [6, 6.07) is 0. The van der Waals surface area contributed by atoms with Crippen LogP contribution in [0.1, 0.15) is 89.9 Å². The minimum absolute atomic E-state index is 0.0180. The van der Waals surface area contributed by atoms with Gasteiger partial charge in [-0.15, -0.1) is 0 Å². The van der Waals surface area contributed by atoms with Gasteiger partial charge in [0, 0.05) is 36.7 Å². The Balaban J connectivity index is 1.05. The van der Waals surface area contributed by atoms with Crippen LogP contribution in [0.15, 0.2) is 47.3 Å². The summed E-state index contributed by atoms with van der Waals surface area (Å²) >= 11 is 0. The molecule has 0 aromatic carbocycles. The number of hydrogen-bond acceptors (Lipinski definition) is 6. The van der Waals surface area contributed by atoms with Crippen LogP contribution >= 0.6 is 0 Å². The van der Waals surface area contributed by atoms with E-state index in [2.05, 4.69) is 0 Å². The fourth-order valence-corrected chi connectivity index (χ4v) is 9.78. The third-order valence-electron chi connectivity index (χ3n) is 12.4. The average Bonchev–Trinajstić information content (AvgIpc) is 3.43. The zero-order chi connectivity index (χ0) is 30.1. The van der Waals surface area contributed by atoms with Crippen LogP contribution in [0, 0.1) is 53.3 Å². The molecule has 6 nitrogen and oxygen atoms in total. The molecule has 6 atom stereocenters. The van der Waals surface area contributed by atoms with E-state index in [9.17, 15) is 24.3 Å². The topological polar surface area (TPSA) is 97.7 Å². The number of aliphatic hydroxyl groups is 1. The number of Topliss-reactive ketones (excluding diaryl/α,β-unsaturated/α-hetero) is 3. The van der Waals surface area contributed by atoms with Crippen LogP contribution in [0.25, 0.3) is 0 Å². The second-order valence-electron chi connectivity index (χ2n) is 14.4. The Morgan fingerprint density at radius 2 is 1.19 bits per heavy atom. The lowest BCUT2D eigenvalue weighted by Gasteiger charge is -2.39. The van der Waals surface area contributed by atoms with Gasteiger partial charge in [0.15, 0.2) is 17.3 Å². The van der Waals surface area contributed by atoms with Crippen molar-refractivity contribution in [3.8, 4) is 0 Å². The number of rotatable bonds is 7. The van der Waals surface area contributed by atoms with E-state index in [0.717, 1.165) is 83.3 Å². The minimum atomic E-state index is -0.203. The Morgan fingerprint density at radius 1 is 0.628 bits per heavy atom.